The zero-order valence-corrected chi connectivity index (χ0v) is 14.6. The smallest absolute Gasteiger partial charge is 0.298 e. The number of nitro groups is 1. The molecule has 0 radical (unpaired) electrons. The molecule has 0 aliphatic rings. The zero-order valence-electron chi connectivity index (χ0n) is 14.6. The Hall–Kier alpha value is -2.89. The summed E-state index contributed by atoms with van der Waals surface area (Å²) in [6.07, 6.45) is 2.59. The maximum absolute atomic E-state index is 11.2. The lowest BCUT2D eigenvalue weighted by Crippen LogP contribution is -2.01. The Morgan fingerprint density at radius 1 is 1.16 bits per heavy atom. The molecule has 0 atom stereocenters. The van der Waals surface area contributed by atoms with Gasteiger partial charge in [0, 0.05) is 6.21 Å². The number of hydrogen-bond acceptors (Lipinski definition) is 5. The van der Waals surface area contributed by atoms with Crippen molar-refractivity contribution in [1.82, 2.24) is 0 Å². The Balaban J connectivity index is 2.08. The average Bonchev–Trinajstić information content (AvgIpc) is 2.60. The van der Waals surface area contributed by atoms with Crippen molar-refractivity contribution in [2.24, 2.45) is 10.9 Å². The maximum Gasteiger partial charge on any atom is 0.298 e. The van der Waals surface area contributed by atoms with E-state index in [1.165, 1.54) is 13.2 Å². The molecule has 0 aromatic heterocycles. The van der Waals surface area contributed by atoms with Crippen molar-refractivity contribution < 1.29 is 14.4 Å². The quantitative estimate of drug-likeness (QED) is 0.393. The van der Waals surface area contributed by atoms with Gasteiger partial charge in [-0.3, -0.25) is 10.1 Å². The van der Waals surface area contributed by atoms with Crippen LogP contribution in [0, 0.1) is 16.0 Å². The second-order valence-corrected chi connectivity index (χ2v) is 5.97. The van der Waals surface area contributed by atoms with Gasteiger partial charge in [0.05, 0.1) is 24.7 Å². The molecule has 6 heteroatoms. The average molecular weight is 342 g/mol. The highest BCUT2D eigenvalue weighted by Gasteiger charge is 2.14. The molecule has 2 aromatic carbocycles. The lowest BCUT2D eigenvalue weighted by molar-refractivity contribution is -0.384. The maximum atomic E-state index is 11.2. The van der Waals surface area contributed by atoms with Crippen molar-refractivity contribution >= 4 is 17.6 Å². The molecule has 0 aliphatic heterocycles. The van der Waals surface area contributed by atoms with Gasteiger partial charge in [-0.25, -0.2) is 4.99 Å². The van der Waals surface area contributed by atoms with Crippen LogP contribution < -0.4 is 9.47 Å². The molecular weight excluding hydrogens is 320 g/mol. The van der Waals surface area contributed by atoms with Crippen molar-refractivity contribution in [3.05, 3.63) is 58.1 Å². The van der Waals surface area contributed by atoms with E-state index in [1.54, 1.807) is 18.3 Å². The lowest BCUT2D eigenvalue weighted by Gasteiger charge is -2.08. The van der Waals surface area contributed by atoms with E-state index in [0.29, 0.717) is 18.3 Å². The Labute approximate surface area is 147 Å². The molecule has 2 rings (SSSR count). The summed E-state index contributed by atoms with van der Waals surface area (Å²) >= 11 is 0. The Morgan fingerprint density at radius 3 is 2.44 bits per heavy atom. The first-order valence-corrected chi connectivity index (χ1v) is 8.09. The summed E-state index contributed by atoms with van der Waals surface area (Å²) in [6.45, 7) is 4.99. The number of methoxy groups -OCH3 is 1. The lowest BCUT2D eigenvalue weighted by atomic mass is 10.1. The van der Waals surface area contributed by atoms with E-state index in [4.69, 9.17) is 9.47 Å². The highest BCUT2D eigenvalue weighted by atomic mass is 16.6. The van der Waals surface area contributed by atoms with Gasteiger partial charge in [-0.15, -0.1) is 0 Å². The van der Waals surface area contributed by atoms with E-state index in [9.17, 15) is 10.1 Å². The Bertz CT molecular complexity index is 740. The summed E-state index contributed by atoms with van der Waals surface area (Å²) in [5.41, 5.74) is 1.02. The van der Waals surface area contributed by atoms with Gasteiger partial charge in [0.2, 0.25) is 0 Å². The predicted octanol–water partition coefficient (Wildman–Crippen LogP) is 4.78. The van der Waals surface area contributed by atoms with Crippen LogP contribution in [0.25, 0.3) is 0 Å². The van der Waals surface area contributed by atoms with Gasteiger partial charge in [-0.1, -0.05) is 13.8 Å². The van der Waals surface area contributed by atoms with Gasteiger partial charge in [0.25, 0.3) is 5.69 Å². The second-order valence-electron chi connectivity index (χ2n) is 5.97. The molecule has 0 amide bonds. The molecule has 25 heavy (non-hydrogen) atoms. The molecule has 132 valence electrons. The van der Waals surface area contributed by atoms with Gasteiger partial charge in [0.1, 0.15) is 17.2 Å². The standard InChI is InChI=1S/C19H22N2O4/c1-14(2)10-11-25-16-6-4-15(5-7-16)13-20-18-9-8-17(24-3)12-19(18)21(22)23/h4-9,12-14H,10-11H2,1-3H3. The number of rotatable bonds is 8. The molecule has 2 aromatic rings. The van der Waals surface area contributed by atoms with E-state index in [-0.39, 0.29) is 11.4 Å². The van der Waals surface area contributed by atoms with Crippen LogP contribution in [-0.2, 0) is 0 Å². The van der Waals surface area contributed by atoms with Gasteiger partial charge in [0.15, 0.2) is 0 Å². The molecule has 6 nitrogen and oxygen atoms in total. The molecule has 0 fully saturated rings. The van der Waals surface area contributed by atoms with Gasteiger partial charge in [-0.2, -0.15) is 0 Å². The van der Waals surface area contributed by atoms with Crippen LogP contribution in [0.15, 0.2) is 47.5 Å². The highest BCUT2D eigenvalue weighted by Crippen LogP contribution is 2.31. The van der Waals surface area contributed by atoms with E-state index in [1.807, 2.05) is 24.3 Å². The normalized spacial score (nSPS) is 11.0. The van der Waals surface area contributed by atoms with E-state index < -0.39 is 4.92 Å². The first-order chi connectivity index (χ1) is 12.0. The van der Waals surface area contributed by atoms with E-state index in [0.717, 1.165) is 17.7 Å². The van der Waals surface area contributed by atoms with Crippen molar-refractivity contribution in [2.45, 2.75) is 20.3 Å². The van der Waals surface area contributed by atoms with Gasteiger partial charge in [-0.05, 0) is 54.3 Å². The largest absolute Gasteiger partial charge is 0.496 e. The highest BCUT2D eigenvalue weighted by molar-refractivity contribution is 5.83. The summed E-state index contributed by atoms with van der Waals surface area (Å²) in [5, 5.41) is 11.2. The van der Waals surface area contributed by atoms with E-state index >= 15 is 0 Å². The van der Waals surface area contributed by atoms with Crippen LogP contribution in [0.2, 0.25) is 0 Å². The zero-order chi connectivity index (χ0) is 18.2. The third-order valence-corrected chi connectivity index (χ3v) is 3.58. The van der Waals surface area contributed by atoms with Gasteiger partial charge >= 0.3 is 0 Å². The molecule has 0 saturated heterocycles. The van der Waals surface area contributed by atoms with Crippen LogP contribution in [0.3, 0.4) is 0 Å². The van der Waals surface area contributed by atoms with E-state index in [2.05, 4.69) is 18.8 Å². The molecule has 0 N–H and O–H groups in total. The summed E-state index contributed by atoms with van der Waals surface area (Å²) < 4.78 is 10.7. The second kappa shape index (κ2) is 8.82. The van der Waals surface area contributed by atoms with Crippen molar-refractivity contribution in [3.8, 4) is 11.5 Å². The molecule has 0 spiro atoms. The Kier molecular flexibility index (Phi) is 6.51. The topological polar surface area (TPSA) is 74.0 Å². The minimum atomic E-state index is -0.471. The molecule has 0 bridgehead atoms. The third kappa shape index (κ3) is 5.60. The van der Waals surface area contributed by atoms with Crippen molar-refractivity contribution in [2.75, 3.05) is 13.7 Å². The number of nitro benzene ring substituents is 1. The van der Waals surface area contributed by atoms with Crippen LogP contribution >= 0.6 is 0 Å². The molecule has 0 saturated carbocycles. The monoisotopic (exact) mass is 342 g/mol. The molecule has 0 unspecified atom stereocenters. The van der Waals surface area contributed by atoms with Crippen LogP contribution in [0.4, 0.5) is 11.4 Å². The molecule has 0 aliphatic carbocycles. The third-order valence-electron chi connectivity index (χ3n) is 3.58. The fourth-order valence-electron chi connectivity index (χ4n) is 2.09. The predicted molar refractivity (Wildman–Crippen MR) is 98.3 cm³/mol. The number of nitrogens with zero attached hydrogens (tertiary/aromatic N) is 2. The van der Waals surface area contributed by atoms with Crippen molar-refractivity contribution in [3.63, 3.8) is 0 Å². The summed E-state index contributed by atoms with van der Waals surface area (Å²) in [6, 6.07) is 12.0. The minimum absolute atomic E-state index is 0.0933. The van der Waals surface area contributed by atoms with Gasteiger partial charge < -0.3 is 9.47 Å². The number of hydrogen-bond donors (Lipinski definition) is 0. The SMILES string of the molecule is COc1ccc(N=Cc2ccc(OCCC(C)C)cc2)c([N+](=O)[O-])c1. The Morgan fingerprint density at radius 2 is 1.84 bits per heavy atom. The summed E-state index contributed by atoms with van der Waals surface area (Å²) in [5.74, 6) is 1.83. The number of ether oxygens (including phenoxy) is 2. The number of aliphatic imine (C=N–C) groups is 1. The van der Waals surface area contributed by atoms with Crippen LogP contribution in [0.1, 0.15) is 25.8 Å². The summed E-state index contributed by atoms with van der Waals surface area (Å²) in [7, 11) is 1.47. The molecular formula is C19H22N2O4. The minimum Gasteiger partial charge on any atom is -0.496 e. The first-order valence-electron chi connectivity index (χ1n) is 8.09. The van der Waals surface area contributed by atoms with Crippen LogP contribution in [0.5, 0.6) is 11.5 Å². The summed E-state index contributed by atoms with van der Waals surface area (Å²) in [4.78, 5) is 14.9. The fourth-order valence-corrected chi connectivity index (χ4v) is 2.09. The molecule has 0 heterocycles. The van der Waals surface area contributed by atoms with Crippen LogP contribution in [-0.4, -0.2) is 24.9 Å². The number of benzene rings is 2. The van der Waals surface area contributed by atoms with Crippen molar-refractivity contribution in [1.29, 1.82) is 0 Å². The fraction of sp³-hybridized carbons (Fsp3) is 0.316. The first kappa shape index (κ1) is 18.4.